The molecule has 0 saturated carbocycles. The highest BCUT2D eigenvalue weighted by Gasteiger charge is 2.36. The number of halogens is 1. The molecule has 5 heteroatoms. The first-order valence-electron chi connectivity index (χ1n) is 8.49. The molecule has 0 N–H and O–H groups in total. The molecule has 0 spiro atoms. The number of carbonyl (C=O) groups excluding carboxylic acids is 2. The first-order chi connectivity index (χ1) is 12.6. The molecule has 0 aromatic heterocycles. The SMILES string of the molecule is CC(=O)OC/C=C\CC1C(=O)N(Cc2ccccc2)c2ccc(Cl)cc21. The van der Waals surface area contributed by atoms with Gasteiger partial charge in [-0.3, -0.25) is 9.59 Å². The average Bonchev–Trinajstić information content (AvgIpc) is 2.87. The second kappa shape index (κ2) is 8.19. The number of ether oxygens (including phenoxy) is 1. The van der Waals surface area contributed by atoms with Gasteiger partial charge >= 0.3 is 5.97 Å². The van der Waals surface area contributed by atoms with Crippen LogP contribution in [0.4, 0.5) is 5.69 Å². The van der Waals surface area contributed by atoms with Crippen molar-refractivity contribution in [1.82, 2.24) is 0 Å². The number of anilines is 1. The molecule has 0 radical (unpaired) electrons. The number of allylic oxidation sites excluding steroid dienone is 1. The van der Waals surface area contributed by atoms with E-state index in [1.54, 1.807) is 6.08 Å². The fraction of sp³-hybridized carbons (Fsp3) is 0.238. The molecule has 0 bridgehead atoms. The first kappa shape index (κ1) is 18.2. The molecule has 1 aliphatic heterocycles. The molecule has 0 aliphatic carbocycles. The summed E-state index contributed by atoms with van der Waals surface area (Å²) in [6, 6.07) is 15.5. The molecule has 1 unspecified atom stereocenters. The monoisotopic (exact) mass is 369 g/mol. The van der Waals surface area contributed by atoms with E-state index in [0.29, 0.717) is 18.0 Å². The van der Waals surface area contributed by atoms with Crippen molar-refractivity contribution in [3.05, 3.63) is 76.8 Å². The van der Waals surface area contributed by atoms with Crippen LogP contribution in [0.3, 0.4) is 0 Å². The second-order valence-corrected chi connectivity index (χ2v) is 6.61. The summed E-state index contributed by atoms with van der Waals surface area (Å²) in [5, 5.41) is 0.618. The van der Waals surface area contributed by atoms with Gasteiger partial charge in [-0.15, -0.1) is 0 Å². The second-order valence-electron chi connectivity index (χ2n) is 6.18. The zero-order valence-corrected chi connectivity index (χ0v) is 15.3. The van der Waals surface area contributed by atoms with Crippen LogP contribution < -0.4 is 4.90 Å². The average molecular weight is 370 g/mol. The molecule has 1 amide bonds. The quantitative estimate of drug-likeness (QED) is 0.557. The predicted octanol–water partition coefficient (Wildman–Crippen LogP) is 4.48. The molecule has 3 rings (SSSR count). The van der Waals surface area contributed by atoms with E-state index in [1.165, 1.54) is 6.92 Å². The van der Waals surface area contributed by atoms with Crippen molar-refractivity contribution in [1.29, 1.82) is 0 Å². The number of benzene rings is 2. The van der Waals surface area contributed by atoms with E-state index in [0.717, 1.165) is 16.8 Å². The number of rotatable bonds is 6. The number of carbonyl (C=O) groups is 2. The lowest BCUT2D eigenvalue weighted by Gasteiger charge is -2.18. The molecule has 134 valence electrons. The number of hydrogen-bond donors (Lipinski definition) is 0. The highest BCUT2D eigenvalue weighted by atomic mass is 35.5. The normalized spacial score (nSPS) is 16.2. The summed E-state index contributed by atoms with van der Waals surface area (Å²) in [5.74, 6) is -0.540. The van der Waals surface area contributed by atoms with E-state index in [1.807, 2.05) is 59.5 Å². The maximum absolute atomic E-state index is 13.0. The summed E-state index contributed by atoms with van der Waals surface area (Å²) in [4.78, 5) is 25.6. The standard InChI is InChI=1S/C21H20ClNO3/c1-15(24)26-12-6-5-9-18-19-13-17(22)10-11-20(19)23(21(18)25)14-16-7-3-2-4-8-16/h2-8,10-11,13,18H,9,12,14H2,1H3/b6-5-. The van der Waals surface area contributed by atoms with Crippen LogP contribution in [0, 0.1) is 0 Å². The molecule has 1 heterocycles. The van der Waals surface area contributed by atoms with Gasteiger partial charge in [0.25, 0.3) is 0 Å². The van der Waals surface area contributed by atoms with Gasteiger partial charge in [0.1, 0.15) is 6.61 Å². The van der Waals surface area contributed by atoms with Gasteiger partial charge in [0.2, 0.25) is 5.91 Å². The van der Waals surface area contributed by atoms with E-state index < -0.39 is 0 Å². The number of fused-ring (bicyclic) bond motifs is 1. The third-order valence-electron chi connectivity index (χ3n) is 4.32. The molecule has 1 atom stereocenters. The van der Waals surface area contributed by atoms with Gasteiger partial charge in [0, 0.05) is 17.6 Å². The third kappa shape index (κ3) is 4.14. The zero-order chi connectivity index (χ0) is 18.5. The Balaban J connectivity index is 1.79. The predicted molar refractivity (Wildman–Crippen MR) is 102 cm³/mol. The highest BCUT2D eigenvalue weighted by Crippen LogP contribution is 2.41. The molecular formula is C21H20ClNO3. The van der Waals surface area contributed by atoms with Crippen molar-refractivity contribution in [2.24, 2.45) is 0 Å². The van der Waals surface area contributed by atoms with Gasteiger partial charge in [-0.25, -0.2) is 0 Å². The minimum absolute atomic E-state index is 0.0586. The lowest BCUT2D eigenvalue weighted by Crippen LogP contribution is -2.28. The Bertz CT molecular complexity index is 832. The van der Waals surface area contributed by atoms with Crippen molar-refractivity contribution in [3.8, 4) is 0 Å². The molecule has 1 aliphatic rings. The van der Waals surface area contributed by atoms with Gasteiger partial charge in [-0.1, -0.05) is 54.1 Å². The number of esters is 1. The molecule has 2 aromatic rings. The Morgan fingerprint density at radius 2 is 1.96 bits per heavy atom. The summed E-state index contributed by atoms with van der Waals surface area (Å²) in [6.45, 7) is 2.11. The number of nitrogens with zero attached hydrogens (tertiary/aromatic N) is 1. The van der Waals surface area contributed by atoms with Gasteiger partial charge in [0.15, 0.2) is 0 Å². The van der Waals surface area contributed by atoms with Crippen molar-refractivity contribution in [2.45, 2.75) is 25.8 Å². The topological polar surface area (TPSA) is 46.6 Å². The van der Waals surface area contributed by atoms with Crippen molar-refractivity contribution in [2.75, 3.05) is 11.5 Å². The molecule has 26 heavy (non-hydrogen) atoms. The lowest BCUT2D eigenvalue weighted by molar-refractivity contribution is -0.139. The Kier molecular flexibility index (Phi) is 5.74. The minimum atomic E-state index is -0.322. The van der Waals surface area contributed by atoms with E-state index in [4.69, 9.17) is 16.3 Å². The molecular weight excluding hydrogens is 350 g/mol. The highest BCUT2D eigenvalue weighted by molar-refractivity contribution is 6.31. The maximum atomic E-state index is 13.0. The fourth-order valence-electron chi connectivity index (χ4n) is 3.11. The third-order valence-corrected chi connectivity index (χ3v) is 4.56. The Morgan fingerprint density at radius 3 is 2.69 bits per heavy atom. The lowest BCUT2D eigenvalue weighted by atomic mass is 9.97. The van der Waals surface area contributed by atoms with Gasteiger partial charge in [-0.05, 0) is 35.7 Å². The summed E-state index contributed by atoms with van der Waals surface area (Å²) in [5.41, 5.74) is 2.92. The van der Waals surface area contributed by atoms with Crippen molar-refractivity contribution >= 4 is 29.2 Å². The van der Waals surface area contributed by atoms with Crippen LogP contribution in [0.2, 0.25) is 5.02 Å². The van der Waals surface area contributed by atoms with Crippen LogP contribution in [0.5, 0.6) is 0 Å². The summed E-state index contributed by atoms with van der Waals surface area (Å²) < 4.78 is 4.88. The maximum Gasteiger partial charge on any atom is 0.302 e. The summed E-state index contributed by atoms with van der Waals surface area (Å²) in [6.07, 6.45) is 4.18. The molecule has 0 saturated heterocycles. The number of amides is 1. The van der Waals surface area contributed by atoms with Crippen molar-refractivity contribution < 1.29 is 14.3 Å². The first-order valence-corrected chi connectivity index (χ1v) is 8.87. The van der Waals surface area contributed by atoms with E-state index in [-0.39, 0.29) is 24.4 Å². The summed E-state index contributed by atoms with van der Waals surface area (Å²) >= 11 is 6.16. The minimum Gasteiger partial charge on any atom is -0.462 e. The smallest absolute Gasteiger partial charge is 0.302 e. The van der Waals surface area contributed by atoms with Crippen LogP contribution >= 0.6 is 11.6 Å². The van der Waals surface area contributed by atoms with E-state index in [2.05, 4.69) is 0 Å². The van der Waals surface area contributed by atoms with Crippen LogP contribution in [-0.4, -0.2) is 18.5 Å². The van der Waals surface area contributed by atoms with Crippen LogP contribution in [0.15, 0.2) is 60.7 Å². The van der Waals surface area contributed by atoms with Crippen LogP contribution in [0.25, 0.3) is 0 Å². The molecule has 4 nitrogen and oxygen atoms in total. The van der Waals surface area contributed by atoms with E-state index in [9.17, 15) is 9.59 Å². The molecule has 0 fully saturated rings. The largest absolute Gasteiger partial charge is 0.462 e. The van der Waals surface area contributed by atoms with Gasteiger partial charge < -0.3 is 9.64 Å². The zero-order valence-electron chi connectivity index (χ0n) is 14.5. The summed E-state index contributed by atoms with van der Waals surface area (Å²) in [7, 11) is 0. The molecule has 2 aromatic carbocycles. The number of hydrogen-bond acceptors (Lipinski definition) is 3. The van der Waals surface area contributed by atoms with Gasteiger partial charge in [0.05, 0.1) is 12.5 Å². The van der Waals surface area contributed by atoms with Gasteiger partial charge in [-0.2, -0.15) is 0 Å². The Labute approximate surface area is 158 Å². The fourth-order valence-corrected chi connectivity index (χ4v) is 3.29. The van der Waals surface area contributed by atoms with Crippen molar-refractivity contribution in [3.63, 3.8) is 0 Å². The van der Waals surface area contributed by atoms with Crippen LogP contribution in [-0.2, 0) is 20.9 Å². The van der Waals surface area contributed by atoms with E-state index >= 15 is 0 Å². The van der Waals surface area contributed by atoms with Crippen LogP contribution in [0.1, 0.15) is 30.4 Å². The Hall–Kier alpha value is -2.59. The Morgan fingerprint density at radius 1 is 1.19 bits per heavy atom.